The monoisotopic (exact) mass is 354 g/mol. The first-order chi connectivity index (χ1) is 12.6. The normalized spacial score (nSPS) is 19.4. The van der Waals surface area contributed by atoms with Crippen molar-refractivity contribution < 1.29 is 9.59 Å². The van der Waals surface area contributed by atoms with Gasteiger partial charge in [0.05, 0.1) is 23.7 Å². The molecular weight excluding hydrogens is 332 g/mol. The van der Waals surface area contributed by atoms with Crippen LogP contribution in [0.1, 0.15) is 18.5 Å². The van der Waals surface area contributed by atoms with Gasteiger partial charge in [-0.15, -0.1) is 0 Å². The number of benzene rings is 1. The van der Waals surface area contributed by atoms with Gasteiger partial charge in [0.2, 0.25) is 11.8 Å². The standard InChI is InChI=1S/C18H22N6O2/c19-13(9-12-10-20-11-21-12)16(25)24-7-5-18(6-8-24)17(26)22-14-3-1-2-4-15(14)23-18/h1-4,10-11,13,23H,5-9,19H2,(H,20,21)(H,22,26)/t13-/m0/s1. The maximum atomic E-state index is 12.6. The van der Waals surface area contributed by atoms with Gasteiger partial charge in [-0.2, -0.15) is 0 Å². The van der Waals surface area contributed by atoms with Crippen molar-refractivity contribution in [2.75, 3.05) is 23.7 Å². The molecule has 0 radical (unpaired) electrons. The zero-order chi connectivity index (χ0) is 18.1. The third kappa shape index (κ3) is 2.92. The number of aromatic amines is 1. The lowest BCUT2D eigenvalue weighted by Gasteiger charge is -2.44. The van der Waals surface area contributed by atoms with Crippen molar-refractivity contribution in [3.63, 3.8) is 0 Å². The van der Waals surface area contributed by atoms with E-state index in [1.54, 1.807) is 17.4 Å². The number of fused-ring (bicyclic) bond motifs is 1. The van der Waals surface area contributed by atoms with E-state index in [2.05, 4.69) is 20.6 Å². The van der Waals surface area contributed by atoms with Gasteiger partial charge < -0.3 is 26.3 Å². The number of aromatic nitrogens is 2. The van der Waals surface area contributed by atoms with Gasteiger partial charge in [-0.1, -0.05) is 12.1 Å². The van der Waals surface area contributed by atoms with E-state index < -0.39 is 11.6 Å². The lowest BCUT2D eigenvalue weighted by Crippen LogP contribution is -2.60. The van der Waals surface area contributed by atoms with Crippen molar-refractivity contribution in [2.24, 2.45) is 5.73 Å². The van der Waals surface area contributed by atoms with E-state index in [9.17, 15) is 9.59 Å². The van der Waals surface area contributed by atoms with Crippen molar-refractivity contribution >= 4 is 23.2 Å². The molecule has 8 heteroatoms. The highest BCUT2D eigenvalue weighted by Gasteiger charge is 2.45. The van der Waals surface area contributed by atoms with Gasteiger partial charge in [-0.25, -0.2) is 4.98 Å². The molecule has 2 amide bonds. The fourth-order valence-corrected chi connectivity index (χ4v) is 3.67. The van der Waals surface area contributed by atoms with E-state index in [1.807, 2.05) is 24.3 Å². The Balaban J connectivity index is 1.41. The van der Waals surface area contributed by atoms with Crippen molar-refractivity contribution in [1.29, 1.82) is 0 Å². The number of amides is 2. The van der Waals surface area contributed by atoms with Crippen molar-refractivity contribution in [1.82, 2.24) is 14.9 Å². The van der Waals surface area contributed by atoms with Crippen LogP contribution >= 0.6 is 0 Å². The minimum absolute atomic E-state index is 0.0370. The van der Waals surface area contributed by atoms with E-state index >= 15 is 0 Å². The van der Waals surface area contributed by atoms with E-state index in [-0.39, 0.29) is 11.8 Å². The van der Waals surface area contributed by atoms with Crippen LogP contribution in [0.3, 0.4) is 0 Å². The van der Waals surface area contributed by atoms with Crippen LogP contribution in [-0.4, -0.2) is 51.4 Å². The third-order valence-electron chi connectivity index (χ3n) is 5.22. The second-order valence-electron chi connectivity index (χ2n) is 6.92. The van der Waals surface area contributed by atoms with Crippen molar-refractivity contribution in [3.8, 4) is 0 Å². The van der Waals surface area contributed by atoms with Gasteiger partial charge in [0.1, 0.15) is 5.54 Å². The molecule has 8 nitrogen and oxygen atoms in total. The first kappa shape index (κ1) is 16.6. The molecule has 1 aromatic carbocycles. The topological polar surface area (TPSA) is 116 Å². The summed E-state index contributed by atoms with van der Waals surface area (Å²) >= 11 is 0. The SMILES string of the molecule is N[C@@H](Cc1cnc[nH]1)C(=O)N1CCC2(CC1)Nc1ccccc1NC2=O. The number of carbonyl (C=O) groups excluding carboxylic acids is 2. The van der Waals surface area contributed by atoms with Gasteiger partial charge in [-0.05, 0) is 25.0 Å². The molecule has 1 fully saturated rings. The molecule has 1 atom stereocenters. The Hall–Kier alpha value is -2.87. The zero-order valence-electron chi connectivity index (χ0n) is 14.4. The number of carbonyl (C=O) groups is 2. The number of para-hydroxylation sites is 2. The predicted molar refractivity (Wildman–Crippen MR) is 97.5 cm³/mol. The molecule has 2 aromatic rings. The summed E-state index contributed by atoms with van der Waals surface area (Å²) in [5.74, 6) is -0.129. The second kappa shape index (κ2) is 6.45. The molecule has 0 aliphatic carbocycles. The highest BCUT2D eigenvalue weighted by atomic mass is 16.2. The van der Waals surface area contributed by atoms with Crippen LogP contribution in [0.4, 0.5) is 11.4 Å². The van der Waals surface area contributed by atoms with Crippen LogP contribution in [0.2, 0.25) is 0 Å². The highest BCUT2D eigenvalue weighted by molar-refractivity contribution is 6.06. The Morgan fingerprint density at radius 2 is 2.00 bits per heavy atom. The predicted octanol–water partition coefficient (Wildman–Crippen LogP) is 0.705. The van der Waals surface area contributed by atoms with Crippen molar-refractivity contribution in [3.05, 3.63) is 42.5 Å². The van der Waals surface area contributed by atoms with Crippen LogP contribution in [0, 0.1) is 0 Å². The Kier molecular flexibility index (Phi) is 4.12. The largest absolute Gasteiger partial charge is 0.369 e. The quantitative estimate of drug-likeness (QED) is 0.648. The number of hydrogen-bond donors (Lipinski definition) is 4. The fraction of sp³-hybridized carbons (Fsp3) is 0.389. The van der Waals surface area contributed by atoms with E-state index in [4.69, 9.17) is 5.73 Å². The summed E-state index contributed by atoms with van der Waals surface area (Å²) in [7, 11) is 0. The lowest BCUT2D eigenvalue weighted by atomic mass is 9.84. The summed E-state index contributed by atoms with van der Waals surface area (Å²) in [5, 5.41) is 6.37. The summed E-state index contributed by atoms with van der Waals surface area (Å²) in [5.41, 5.74) is 7.95. The van der Waals surface area contributed by atoms with E-state index in [0.717, 1.165) is 17.1 Å². The third-order valence-corrected chi connectivity index (χ3v) is 5.22. The van der Waals surface area contributed by atoms with Crippen molar-refractivity contribution in [2.45, 2.75) is 30.8 Å². The average Bonchev–Trinajstić information content (AvgIpc) is 3.16. The van der Waals surface area contributed by atoms with Crippen LogP contribution < -0.4 is 16.4 Å². The van der Waals surface area contributed by atoms with Gasteiger partial charge in [0.15, 0.2) is 0 Å². The number of nitrogens with one attached hydrogen (secondary N) is 3. The average molecular weight is 354 g/mol. The van der Waals surface area contributed by atoms with Gasteiger partial charge >= 0.3 is 0 Å². The molecule has 1 saturated heterocycles. The number of nitrogens with zero attached hydrogens (tertiary/aromatic N) is 2. The van der Waals surface area contributed by atoms with Crippen LogP contribution in [0.25, 0.3) is 0 Å². The molecule has 5 N–H and O–H groups in total. The number of imidazole rings is 1. The molecule has 0 unspecified atom stereocenters. The van der Waals surface area contributed by atoms with E-state index in [0.29, 0.717) is 32.4 Å². The minimum atomic E-state index is -0.668. The molecule has 136 valence electrons. The molecule has 3 heterocycles. The molecule has 1 aromatic heterocycles. The summed E-state index contributed by atoms with van der Waals surface area (Å²) in [4.78, 5) is 33.9. The number of likely N-dealkylation sites (tertiary alicyclic amines) is 1. The summed E-state index contributed by atoms with van der Waals surface area (Å²) in [6, 6.07) is 7.04. The summed E-state index contributed by atoms with van der Waals surface area (Å²) in [6.45, 7) is 0.996. The molecule has 2 aliphatic heterocycles. The molecule has 2 aliphatic rings. The zero-order valence-corrected chi connectivity index (χ0v) is 14.4. The number of piperidine rings is 1. The minimum Gasteiger partial charge on any atom is -0.369 e. The Labute approximate surface area is 151 Å². The lowest BCUT2D eigenvalue weighted by molar-refractivity contribution is -0.136. The first-order valence-electron chi connectivity index (χ1n) is 8.78. The van der Waals surface area contributed by atoms with Crippen LogP contribution in [-0.2, 0) is 16.0 Å². The van der Waals surface area contributed by atoms with Gasteiger partial charge in [0.25, 0.3) is 0 Å². The maximum absolute atomic E-state index is 12.6. The number of hydrogen-bond acceptors (Lipinski definition) is 5. The molecule has 0 saturated carbocycles. The molecule has 0 bridgehead atoms. The molecule has 4 rings (SSSR count). The Morgan fingerprint density at radius 1 is 1.27 bits per heavy atom. The number of nitrogens with two attached hydrogens (primary N) is 1. The van der Waals surface area contributed by atoms with Gasteiger partial charge in [-0.3, -0.25) is 9.59 Å². The maximum Gasteiger partial charge on any atom is 0.250 e. The van der Waals surface area contributed by atoms with Gasteiger partial charge in [0, 0.05) is 31.4 Å². The molecular formula is C18H22N6O2. The second-order valence-corrected chi connectivity index (χ2v) is 6.92. The fourth-order valence-electron chi connectivity index (χ4n) is 3.67. The number of anilines is 2. The van der Waals surface area contributed by atoms with Crippen LogP contribution in [0.15, 0.2) is 36.8 Å². The first-order valence-corrected chi connectivity index (χ1v) is 8.78. The Bertz CT molecular complexity index is 811. The van der Waals surface area contributed by atoms with E-state index in [1.165, 1.54) is 0 Å². The smallest absolute Gasteiger partial charge is 0.250 e. The Morgan fingerprint density at radius 3 is 2.69 bits per heavy atom. The van der Waals surface area contributed by atoms with Crippen LogP contribution in [0.5, 0.6) is 0 Å². The number of H-pyrrole nitrogens is 1. The summed E-state index contributed by atoms with van der Waals surface area (Å²) < 4.78 is 0. The molecule has 1 spiro atoms. The molecule has 26 heavy (non-hydrogen) atoms. The summed E-state index contributed by atoms with van der Waals surface area (Å²) in [6.07, 6.45) is 4.77. The number of rotatable bonds is 3. The highest BCUT2D eigenvalue weighted by Crippen LogP contribution is 2.36.